The molecule has 1 fully saturated rings. The lowest BCUT2D eigenvalue weighted by Crippen LogP contribution is -2.32. The fourth-order valence-corrected chi connectivity index (χ4v) is 4.95. The lowest BCUT2D eigenvalue weighted by atomic mass is 9.87. The molecule has 2 aromatic carbocycles. The van der Waals surface area contributed by atoms with E-state index in [0.717, 1.165) is 28.5 Å². The second kappa shape index (κ2) is 10.8. The molecule has 0 aliphatic heterocycles. The second-order valence-electron chi connectivity index (χ2n) is 9.20. The number of benzene rings is 2. The third kappa shape index (κ3) is 5.29. The van der Waals surface area contributed by atoms with Gasteiger partial charge in [-0.2, -0.15) is 0 Å². The van der Waals surface area contributed by atoms with Crippen LogP contribution < -0.4 is 19.1 Å². The van der Waals surface area contributed by atoms with Crippen LogP contribution in [0.5, 0.6) is 23.0 Å². The van der Waals surface area contributed by atoms with Gasteiger partial charge in [0.25, 0.3) is 0 Å². The van der Waals surface area contributed by atoms with Gasteiger partial charge in [0.05, 0.1) is 25.4 Å². The van der Waals surface area contributed by atoms with E-state index in [1.165, 1.54) is 37.0 Å². The first-order valence-electron chi connectivity index (χ1n) is 12.2. The van der Waals surface area contributed by atoms with Crippen molar-refractivity contribution in [2.75, 3.05) is 25.7 Å². The van der Waals surface area contributed by atoms with Crippen molar-refractivity contribution < 1.29 is 24.1 Å². The molecule has 1 aliphatic rings. The summed E-state index contributed by atoms with van der Waals surface area (Å²) < 4.78 is 17.2. The highest BCUT2D eigenvalue weighted by Gasteiger charge is 2.22. The van der Waals surface area contributed by atoms with Crippen LogP contribution in [-0.4, -0.2) is 36.9 Å². The first-order chi connectivity index (χ1) is 16.9. The summed E-state index contributed by atoms with van der Waals surface area (Å²) in [5.74, 6) is 3.12. The molecule has 0 bridgehead atoms. The molecule has 0 atom stereocenters. The van der Waals surface area contributed by atoms with Gasteiger partial charge in [-0.15, -0.1) is 0 Å². The highest BCUT2D eigenvalue weighted by Crippen LogP contribution is 2.39. The van der Waals surface area contributed by atoms with Crippen molar-refractivity contribution in [2.45, 2.75) is 52.4 Å². The fourth-order valence-electron chi connectivity index (χ4n) is 4.95. The van der Waals surface area contributed by atoms with E-state index in [2.05, 4.69) is 4.98 Å². The highest BCUT2D eigenvalue weighted by atomic mass is 16.5. The molecule has 7 nitrogen and oxygen atoms in total. The maximum Gasteiger partial charge on any atom is 0.411 e. The van der Waals surface area contributed by atoms with Gasteiger partial charge < -0.3 is 19.3 Å². The highest BCUT2D eigenvalue weighted by molar-refractivity contribution is 5.89. The van der Waals surface area contributed by atoms with Gasteiger partial charge in [0.15, 0.2) is 11.5 Å². The minimum Gasteiger partial charge on any atom is -0.493 e. The summed E-state index contributed by atoms with van der Waals surface area (Å²) >= 11 is 0. The first-order valence-corrected chi connectivity index (χ1v) is 12.2. The zero-order valence-electron chi connectivity index (χ0n) is 21.0. The SMILES string of the molecule is COc1cc2nccc(Oc3ccc(N(CCC4CCCCC4)C(=O)O)c(C)c3C)c2cc1OC. The van der Waals surface area contributed by atoms with E-state index >= 15 is 0 Å². The number of hydrogen-bond donors (Lipinski definition) is 1. The molecular formula is C28H34N2O5. The predicted octanol–water partition coefficient (Wildman–Crippen LogP) is 7.12. The van der Waals surface area contributed by atoms with Gasteiger partial charge >= 0.3 is 6.09 Å². The lowest BCUT2D eigenvalue weighted by Gasteiger charge is -2.27. The number of methoxy groups -OCH3 is 2. The zero-order valence-corrected chi connectivity index (χ0v) is 21.0. The van der Waals surface area contributed by atoms with Crippen LogP contribution in [0.4, 0.5) is 10.5 Å². The summed E-state index contributed by atoms with van der Waals surface area (Å²) in [7, 11) is 3.18. The number of carboxylic acid groups (broad SMARTS) is 1. The van der Waals surface area contributed by atoms with Crippen molar-refractivity contribution in [1.82, 2.24) is 4.98 Å². The third-order valence-electron chi connectivity index (χ3n) is 7.14. The zero-order chi connectivity index (χ0) is 24.9. The summed E-state index contributed by atoms with van der Waals surface area (Å²) in [5, 5.41) is 10.7. The van der Waals surface area contributed by atoms with E-state index in [1.54, 1.807) is 20.4 Å². The monoisotopic (exact) mass is 478 g/mol. The number of amides is 1. The third-order valence-corrected chi connectivity index (χ3v) is 7.14. The molecule has 7 heteroatoms. The number of nitrogens with zero attached hydrogens (tertiary/aromatic N) is 2. The van der Waals surface area contributed by atoms with Crippen molar-refractivity contribution in [3.8, 4) is 23.0 Å². The Kier molecular flexibility index (Phi) is 7.63. The number of fused-ring (bicyclic) bond motifs is 1. The average Bonchev–Trinajstić information content (AvgIpc) is 2.87. The molecule has 3 aromatic rings. The summed E-state index contributed by atoms with van der Waals surface area (Å²) in [6.45, 7) is 4.42. The average molecular weight is 479 g/mol. The van der Waals surface area contributed by atoms with Crippen LogP contribution in [0.2, 0.25) is 0 Å². The van der Waals surface area contributed by atoms with Crippen molar-refractivity contribution in [3.05, 3.63) is 47.7 Å². The van der Waals surface area contributed by atoms with Crippen molar-refractivity contribution >= 4 is 22.7 Å². The van der Waals surface area contributed by atoms with Gasteiger partial charge in [-0.25, -0.2) is 4.79 Å². The standard InChI is InChI=1S/C28H34N2O5/c1-18-19(2)24(11-10-23(18)30(28(31)32)15-13-20-8-6-5-7-9-20)35-25-12-14-29-22-17-27(34-4)26(33-3)16-21(22)25/h10-12,14,16-17,20H,5-9,13,15H2,1-4H3,(H,31,32). The van der Waals surface area contributed by atoms with Gasteiger partial charge in [0.1, 0.15) is 11.5 Å². The Morgan fingerprint density at radius 1 is 0.971 bits per heavy atom. The lowest BCUT2D eigenvalue weighted by molar-refractivity contribution is 0.200. The number of carbonyl (C=O) groups is 1. The van der Waals surface area contributed by atoms with E-state index in [1.807, 2.05) is 44.2 Å². The van der Waals surface area contributed by atoms with Gasteiger partial charge in [-0.05, 0) is 61.6 Å². The minimum atomic E-state index is -0.918. The molecule has 0 radical (unpaired) electrons. The molecule has 0 unspecified atom stereocenters. The molecule has 1 amide bonds. The quantitative estimate of drug-likeness (QED) is 0.371. The molecule has 0 saturated heterocycles. The van der Waals surface area contributed by atoms with Crippen LogP contribution in [0.3, 0.4) is 0 Å². The molecule has 186 valence electrons. The summed E-state index contributed by atoms with van der Waals surface area (Å²) in [5.41, 5.74) is 3.23. The van der Waals surface area contributed by atoms with Crippen LogP contribution in [0, 0.1) is 19.8 Å². The molecule has 35 heavy (non-hydrogen) atoms. The van der Waals surface area contributed by atoms with Crippen molar-refractivity contribution in [2.24, 2.45) is 5.92 Å². The molecule has 1 N–H and O–H groups in total. The summed E-state index contributed by atoms with van der Waals surface area (Å²) in [6.07, 6.45) is 7.89. The molecule has 1 saturated carbocycles. The Bertz CT molecular complexity index is 1200. The maximum absolute atomic E-state index is 12.1. The van der Waals surface area contributed by atoms with Crippen LogP contribution in [0.1, 0.15) is 49.7 Å². The summed E-state index contributed by atoms with van der Waals surface area (Å²) in [4.78, 5) is 18.1. The van der Waals surface area contributed by atoms with Crippen LogP contribution in [-0.2, 0) is 0 Å². The van der Waals surface area contributed by atoms with Gasteiger partial charge in [-0.1, -0.05) is 32.1 Å². The molecule has 4 rings (SSSR count). The number of rotatable bonds is 8. The Morgan fingerprint density at radius 3 is 2.37 bits per heavy atom. The summed E-state index contributed by atoms with van der Waals surface area (Å²) in [6, 6.07) is 9.18. The topological polar surface area (TPSA) is 81.1 Å². The van der Waals surface area contributed by atoms with E-state index in [0.29, 0.717) is 41.1 Å². The number of hydrogen-bond acceptors (Lipinski definition) is 5. The van der Waals surface area contributed by atoms with Crippen molar-refractivity contribution in [3.63, 3.8) is 0 Å². The van der Waals surface area contributed by atoms with Gasteiger partial charge in [0, 0.05) is 24.2 Å². The van der Waals surface area contributed by atoms with Gasteiger partial charge in [0.2, 0.25) is 0 Å². The first kappa shape index (κ1) is 24.6. The van der Waals surface area contributed by atoms with Crippen LogP contribution in [0.15, 0.2) is 36.5 Å². The molecule has 1 heterocycles. The molecule has 1 aromatic heterocycles. The fraction of sp³-hybridized carbons (Fsp3) is 0.429. The number of anilines is 1. The predicted molar refractivity (Wildman–Crippen MR) is 137 cm³/mol. The smallest absolute Gasteiger partial charge is 0.411 e. The van der Waals surface area contributed by atoms with Crippen LogP contribution in [0.25, 0.3) is 10.9 Å². The Labute approximate surface area is 206 Å². The Balaban J connectivity index is 1.61. The maximum atomic E-state index is 12.1. The van der Waals surface area contributed by atoms with Crippen LogP contribution >= 0.6 is 0 Å². The van der Waals surface area contributed by atoms with E-state index in [9.17, 15) is 9.90 Å². The number of ether oxygens (including phenoxy) is 3. The number of pyridine rings is 1. The van der Waals surface area contributed by atoms with Crippen molar-refractivity contribution in [1.29, 1.82) is 0 Å². The Hall–Kier alpha value is -3.48. The van der Waals surface area contributed by atoms with E-state index in [4.69, 9.17) is 14.2 Å². The minimum absolute atomic E-state index is 0.511. The number of aromatic nitrogens is 1. The second-order valence-corrected chi connectivity index (χ2v) is 9.20. The van der Waals surface area contributed by atoms with Gasteiger partial charge in [-0.3, -0.25) is 9.88 Å². The largest absolute Gasteiger partial charge is 0.493 e. The van der Waals surface area contributed by atoms with E-state index < -0.39 is 6.09 Å². The molecule has 1 aliphatic carbocycles. The Morgan fingerprint density at radius 2 is 1.69 bits per heavy atom. The van der Waals surface area contributed by atoms with E-state index in [-0.39, 0.29) is 0 Å². The molecular weight excluding hydrogens is 444 g/mol. The molecule has 0 spiro atoms. The normalized spacial score (nSPS) is 14.1.